The van der Waals surface area contributed by atoms with Gasteiger partial charge >= 0.3 is 0 Å². The van der Waals surface area contributed by atoms with Gasteiger partial charge in [0.2, 0.25) is 5.91 Å². The van der Waals surface area contributed by atoms with Crippen LogP contribution in [0.3, 0.4) is 0 Å². The monoisotopic (exact) mass is 109 g/mol. The lowest BCUT2D eigenvalue weighted by Gasteiger charge is -2.05. The molecule has 1 heterocycles. The fourth-order valence-corrected chi connectivity index (χ4v) is 0.580. The third-order valence-corrected chi connectivity index (χ3v) is 0.922. The van der Waals surface area contributed by atoms with Crippen LogP contribution in [0.15, 0.2) is 24.4 Å². The van der Waals surface area contributed by atoms with Gasteiger partial charge in [0, 0.05) is 12.1 Å². The first-order chi connectivity index (χ1) is 3.79. The minimum atomic E-state index is 0.0255. The van der Waals surface area contributed by atoms with Crippen molar-refractivity contribution in [1.82, 2.24) is 5.32 Å². The van der Waals surface area contributed by atoms with Crippen molar-refractivity contribution in [2.45, 2.75) is 6.42 Å². The molecule has 8 heavy (non-hydrogen) atoms. The van der Waals surface area contributed by atoms with Crippen LogP contribution in [0.4, 0.5) is 0 Å². The fourth-order valence-electron chi connectivity index (χ4n) is 0.580. The Kier molecular flexibility index (Phi) is 1.16. The molecule has 0 atom stereocenters. The molecule has 1 amide bonds. The topological polar surface area (TPSA) is 29.1 Å². The van der Waals surface area contributed by atoms with Crippen molar-refractivity contribution in [2.24, 2.45) is 0 Å². The fraction of sp³-hybridized carbons (Fsp3) is 0.167. The second-order valence-corrected chi connectivity index (χ2v) is 1.68. The van der Waals surface area contributed by atoms with Gasteiger partial charge in [-0.2, -0.15) is 0 Å². The summed E-state index contributed by atoms with van der Waals surface area (Å²) in [7, 11) is 0. The molecule has 0 spiro atoms. The van der Waals surface area contributed by atoms with E-state index in [2.05, 4.69) is 11.9 Å². The summed E-state index contributed by atoms with van der Waals surface area (Å²) in [5.74, 6) is 0.0255. The van der Waals surface area contributed by atoms with Gasteiger partial charge in [-0.25, -0.2) is 0 Å². The van der Waals surface area contributed by atoms with E-state index in [9.17, 15) is 4.79 Å². The molecule has 1 aliphatic heterocycles. The number of carbonyl (C=O) groups excluding carboxylic acids is 1. The lowest BCUT2D eigenvalue weighted by molar-refractivity contribution is -0.119. The number of rotatable bonds is 0. The first-order valence-corrected chi connectivity index (χ1v) is 2.44. The van der Waals surface area contributed by atoms with E-state index in [1.807, 2.05) is 0 Å². The molecule has 0 aromatic rings. The molecule has 1 aliphatic rings. The number of carbonyl (C=O) groups is 1. The Morgan fingerprint density at radius 3 is 2.88 bits per heavy atom. The van der Waals surface area contributed by atoms with Crippen molar-refractivity contribution >= 4 is 5.91 Å². The van der Waals surface area contributed by atoms with Crippen LogP contribution in [0.25, 0.3) is 0 Å². The SMILES string of the molecule is C=C1C=CCC(=O)N1. The van der Waals surface area contributed by atoms with Crippen LogP contribution in [0.2, 0.25) is 0 Å². The summed E-state index contributed by atoms with van der Waals surface area (Å²) >= 11 is 0. The normalized spacial score (nSPS) is 18.5. The predicted molar refractivity (Wildman–Crippen MR) is 31.0 cm³/mol. The Balaban J connectivity index is 2.68. The highest BCUT2D eigenvalue weighted by Crippen LogP contribution is 1.97. The Morgan fingerprint density at radius 1 is 1.75 bits per heavy atom. The maximum atomic E-state index is 10.5. The molecule has 0 bridgehead atoms. The maximum absolute atomic E-state index is 10.5. The molecule has 2 nitrogen and oxygen atoms in total. The molecule has 1 rings (SSSR count). The van der Waals surface area contributed by atoms with Crippen molar-refractivity contribution in [3.63, 3.8) is 0 Å². The van der Waals surface area contributed by atoms with Gasteiger partial charge in [0.05, 0.1) is 0 Å². The van der Waals surface area contributed by atoms with E-state index in [1.165, 1.54) is 0 Å². The molecule has 1 N–H and O–H groups in total. The Labute approximate surface area is 47.9 Å². The summed E-state index contributed by atoms with van der Waals surface area (Å²) < 4.78 is 0. The van der Waals surface area contributed by atoms with E-state index in [0.29, 0.717) is 12.1 Å². The summed E-state index contributed by atoms with van der Waals surface area (Å²) in [5.41, 5.74) is 0.682. The molecule has 0 aromatic carbocycles. The van der Waals surface area contributed by atoms with Crippen molar-refractivity contribution in [1.29, 1.82) is 0 Å². The van der Waals surface area contributed by atoms with Gasteiger partial charge < -0.3 is 5.32 Å². The van der Waals surface area contributed by atoms with Gasteiger partial charge in [0.15, 0.2) is 0 Å². The van der Waals surface area contributed by atoms with E-state index in [1.54, 1.807) is 12.2 Å². The molecule has 0 saturated carbocycles. The van der Waals surface area contributed by atoms with E-state index >= 15 is 0 Å². The number of hydrogen-bond donors (Lipinski definition) is 1. The van der Waals surface area contributed by atoms with Crippen molar-refractivity contribution < 1.29 is 4.79 Å². The first kappa shape index (κ1) is 5.09. The minimum Gasteiger partial charge on any atom is -0.326 e. The second kappa shape index (κ2) is 1.82. The van der Waals surface area contributed by atoms with Crippen LogP contribution in [0, 0.1) is 0 Å². The standard InChI is InChI=1S/C6H7NO/c1-5-3-2-4-6(8)7-5/h2-3H,1,4H2,(H,7,8). The molecule has 0 fully saturated rings. The Morgan fingerprint density at radius 2 is 2.50 bits per heavy atom. The number of allylic oxidation sites excluding steroid dienone is 1. The smallest absolute Gasteiger partial charge is 0.228 e. The van der Waals surface area contributed by atoms with E-state index in [-0.39, 0.29) is 5.91 Å². The molecule has 0 saturated heterocycles. The van der Waals surface area contributed by atoms with Crippen molar-refractivity contribution in [3.8, 4) is 0 Å². The lowest BCUT2D eigenvalue weighted by Crippen LogP contribution is -2.22. The Bertz CT molecular complexity index is 158. The molecule has 0 aliphatic carbocycles. The molecule has 0 aromatic heterocycles. The average molecular weight is 109 g/mol. The molecule has 2 heteroatoms. The number of hydrogen-bond acceptors (Lipinski definition) is 1. The maximum Gasteiger partial charge on any atom is 0.228 e. The molecule has 42 valence electrons. The van der Waals surface area contributed by atoms with Gasteiger partial charge in [0.25, 0.3) is 0 Å². The zero-order valence-corrected chi connectivity index (χ0v) is 4.48. The van der Waals surface area contributed by atoms with Crippen LogP contribution in [-0.4, -0.2) is 5.91 Å². The quantitative estimate of drug-likeness (QED) is 0.484. The van der Waals surface area contributed by atoms with E-state index < -0.39 is 0 Å². The summed E-state index contributed by atoms with van der Waals surface area (Å²) in [6, 6.07) is 0. The second-order valence-electron chi connectivity index (χ2n) is 1.68. The van der Waals surface area contributed by atoms with Gasteiger partial charge in [-0.05, 0) is 6.08 Å². The van der Waals surface area contributed by atoms with Crippen molar-refractivity contribution in [3.05, 3.63) is 24.4 Å². The molecule has 0 radical (unpaired) electrons. The van der Waals surface area contributed by atoms with Gasteiger partial charge in [0.1, 0.15) is 0 Å². The first-order valence-electron chi connectivity index (χ1n) is 2.44. The third-order valence-electron chi connectivity index (χ3n) is 0.922. The van der Waals surface area contributed by atoms with Gasteiger partial charge in [-0.3, -0.25) is 4.79 Å². The number of amides is 1. The third kappa shape index (κ3) is 0.964. The largest absolute Gasteiger partial charge is 0.326 e. The summed E-state index contributed by atoms with van der Waals surface area (Å²) in [4.78, 5) is 10.5. The van der Waals surface area contributed by atoms with Crippen LogP contribution >= 0.6 is 0 Å². The lowest BCUT2D eigenvalue weighted by atomic mass is 10.2. The van der Waals surface area contributed by atoms with Crippen LogP contribution in [0.1, 0.15) is 6.42 Å². The summed E-state index contributed by atoms with van der Waals surface area (Å²) in [6.07, 6.45) is 4.07. The van der Waals surface area contributed by atoms with Crippen LogP contribution in [0.5, 0.6) is 0 Å². The van der Waals surface area contributed by atoms with Crippen LogP contribution in [-0.2, 0) is 4.79 Å². The highest BCUT2D eigenvalue weighted by Gasteiger charge is 2.01. The summed E-state index contributed by atoms with van der Waals surface area (Å²) in [6.45, 7) is 3.55. The summed E-state index contributed by atoms with van der Waals surface area (Å²) in [5, 5.41) is 2.56. The highest BCUT2D eigenvalue weighted by molar-refractivity contribution is 5.81. The average Bonchev–Trinajstić information content (AvgIpc) is 1.64. The predicted octanol–water partition coefficient (Wildman–Crippen LogP) is 0.576. The van der Waals surface area contributed by atoms with E-state index in [0.717, 1.165) is 0 Å². The Hall–Kier alpha value is -1.05. The minimum absolute atomic E-state index is 0.0255. The van der Waals surface area contributed by atoms with Gasteiger partial charge in [-0.15, -0.1) is 0 Å². The van der Waals surface area contributed by atoms with Gasteiger partial charge in [-0.1, -0.05) is 12.7 Å². The van der Waals surface area contributed by atoms with Crippen molar-refractivity contribution in [2.75, 3.05) is 0 Å². The van der Waals surface area contributed by atoms with Crippen LogP contribution < -0.4 is 5.32 Å². The molecular weight excluding hydrogens is 102 g/mol. The van der Waals surface area contributed by atoms with E-state index in [4.69, 9.17) is 0 Å². The zero-order chi connectivity index (χ0) is 5.98. The molecular formula is C6H7NO. The number of nitrogens with one attached hydrogen (secondary N) is 1. The molecule has 0 unspecified atom stereocenters. The zero-order valence-electron chi connectivity index (χ0n) is 4.48. The highest BCUT2D eigenvalue weighted by atomic mass is 16.1.